The molecular formula is C70H57NS. The van der Waals surface area contributed by atoms with Crippen molar-refractivity contribution in [3.8, 4) is 55.6 Å². The van der Waals surface area contributed by atoms with Crippen LogP contribution in [0.2, 0.25) is 0 Å². The van der Waals surface area contributed by atoms with Crippen LogP contribution in [0.25, 0.3) is 97.4 Å². The molecule has 0 saturated heterocycles. The van der Waals surface area contributed by atoms with Crippen molar-refractivity contribution < 1.29 is 0 Å². The summed E-state index contributed by atoms with van der Waals surface area (Å²) in [5.41, 5.74) is 18.1. The number of nitrogens with zero attached hydrogens (tertiary/aromatic N) is 1. The van der Waals surface area contributed by atoms with Crippen LogP contribution in [-0.4, -0.2) is 0 Å². The first kappa shape index (κ1) is 45.1. The van der Waals surface area contributed by atoms with E-state index in [1.807, 2.05) is 11.3 Å². The van der Waals surface area contributed by atoms with Gasteiger partial charge in [-0.3, -0.25) is 0 Å². The first-order chi connectivity index (χ1) is 35.0. The van der Waals surface area contributed by atoms with E-state index < -0.39 is 0 Å². The number of fused-ring (bicyclic) bond motifs is 5. The maximum Gasteiger partial charge on any atom is 0.0540 e. The normalized spacial score (nSPS) is 12.0. The molecule has 0 unspecified atom stereocenters. The lowest BCUT2D eigenvalue weighted by atomic mass is 9.78. The average molecular weight is 944 g/mol. The molecule has 0 radical (unpaired) electrons. The van der Waals surface area contributed by atoms with Crippen LogP contribution in [0.15, 0.2) is 237 Å². The zero-order valence-corrected chi connectivity index (χ0v) is 42.7. The predicted octanol–water partition coefficient (Wildman–Crippen LogP) is 20.8. The highest BCUT2D eigenvalue weighted by molar-refractivity contribution is 7.25. The van der Waals surface area contributed by atoms with Crippen molar-refractivity contribution in [2.45, 2.75) is 52.4 Å². The number of para-hydroxylation sites is 2. The molecule has 0 amide bonds. The van der Waals surface area contributed by atoms with E-state index >= 15 is 0 Å². The number of hydrogen-bond donors (Lipinski definition) is 0. The van der Waals surface area contributed by atoms with Gasteiger partial charge in [0.05, 0.1) is 11.4 Å². The van der Waals surface area contributed by atoms with E-state index in [0.717, 1.165) is 17.1 Å². The Morgan fingerprint density at radius 2 is 0.750 bits per heavy atom. The van der Waals surface area contributed by atoms with Crippen molar-refractivity contribution in [1.82, 2.24) is 0 Å². The van der Waals surface area contributed by atoms with Crippen molar-refractivity contribution >= 4 is 70.1 Å². The minimum atomic E-state index is -0.0138. The third kappa shape index (κ3) is 8.16. The van der Waals surface area contributed by atoms with Gasteiger partial charge in [-0.15, -0.1) is 11.3 Å². The summed E-state index contributed by atoms with van der Waals surface area (Å²) in [6.07, 6.45) is 0. The Morgan fingerprint density at radius 1 is 0.306 bits per heavy atom. The van der Waals surface area contributed by atoms with Gasteiger partial charge in [0.25, 0.3) is 0 Å². The molecule has 0 aliphatic carbocycles. The van der Waals surface area contributed by atoms with Crippen LogP contribution < -0.4 is 4.90 Å². The zero-order chi connectivity index (χ0) is 49.1. The third-order valence-corrected chi connectivity index (χ3v) is 15.7. The fourth-order valence-corrected chi connectivity index (χ4v) is 11.9. The number of rotatable bonds is 8. The fraction of sp³-hybridized carbons (Fsp3) is 0.114. The lowest BCUT2D eigenvalue weighted by molar-refractivity contribution is 0.569. The molecule has 0 N–H and O–H groups in total. The molecule has 0 spiro atoms. The Labute approximate surface area is 428 Å². The fourth-order valence-electron chi connectivity index (χ4n) is 10.8. The van der Waals surface area contributed by atoms with Gasteiger partial charge in [0.1, 0.15) is 0 Å². The molecule has 348 valence electrons. The largest absolute Gasteiger partial charge is 0.309 e. The molecule has 0 bridgehead atoms. The van der Waals surface area contributed by atoms with E-state index in [1.165, 1.54) is 108 Å². The molecule has 0 saturated carbocycles. The Kier molecular flexibility index (Phi) is 11.3. The second-order valence-corrected chi connectivity index (χ2v) is 22.4. The maximum absolute atomic E-state index is 2.50. The van der Waals surface area contributed by atoms with Gasteiger partial charge in [0, 0.05) is 37.0 Å². The standard InChI is InChI=1S/C70H57NS/c1-69(2,3)52-43-51(44-53(45-52)70(4,5)6)57-28-16-21-50-22-17-29-60(67(50)57)58-24-9-12-31-63(58)71(64-32-13-10-25-59(64)61-30-18-34-66-68(61)62-26-11-14-33-65(62)72-66)54-41-39-47(40-42-54)46-35-37-49(38-36-46)56-27-15-20-48-19-7-8-23-55(48)56/h7-45H,1-6H3. The van der Waals surface area contributed by atoms with Crippen LogP contribution in [0.1, 0.15) is 52.7 Å². The van der Waals surface area contributed by atoms with Crippen LogP contribution in [0.3, 0.4) is 0 Å². The molecule has 1 aromatic heterocycles. The van der Waals surface area contributed by atoms with Gasteiger partial charge in [-0.25, -0.2) is 0 Å². The summed E-state index contributed by atoms with van der Waals surface area (Å²) in [5, 5.41) is 7.58. The van der Waals surface area contributed by atoms with E-state index in [-0.39, 0.29) is 10.8 Å². The van der Waals surface area contributed by atoms with Gasteiger partial charge >= 0.3 is 0 Å². The van der Waals surface area contributed by atoms with Gasteiger partial charge in [-0.2, -0.15) is 0 Å². The van der Waals surface area contributed by atoms with E-state index in [0.29, 0.717) is 0 Å². The highest BCUT2D eigenvalue weighted by atomic mass is 32.1. The first-order valence-corrected chi connectivity index (χ1v) is 26.1. The summed E-state index contributed by atoms with van der Waals surface area (Å²) in [4.78, 5) is 2.50. The second kappa shape index (κ2) is 18.0. The minimum absolute atomic E-state index is 0.0138. The smallest absolute Gasteiger partial charge is 0.0540 e. The zero-order valence-electron chi connectivity index (χ0n) is 41.9. The lowest BCUT2D eigenvalue weighted by Gasteiger charge is -2.30. The van der Waals surface area contributed by atoms with E-state index in [9.17, 15) is 0 Å². The van der Waals surface area contributed by atoms with Crippen LogP contribution in [0.4, 0.5) is 17.1 Å². The SMILES string of the molecule is CC(C)(C)c1cc(-c2cccc3cccc(-c4ccccc4N(c4ccc(-c5ccc(-c6cccc7ccccc67)cc5)cc4)c4ccccc4-c4cccc5sc6ccccc6c45)c23)cc(C(C)(C)C)c1. The van der Waals surface area contributed by atoms with Gasteiger partial charge in [-0.05, 0) is 124 Å². The van der Waals surface area contributed by atoms with Crippen molar-refractivity contribution in [3.63, 3.8) is 0 Å². The molecular weight excluding hydrogens is 887 g/mol. The van der Waals surface area contributed by atoms with Gasteiger partial charge in [0.2, 0.25) is 0 Å². The molecule has 0 atom stereocenters. The van der Waals surface area contributed by atoms with Gasteiger partial charge in [0.15, 0.2) is 0 Å². The molecule has 0 aliphatic heterocycles. The Balaban J connectivity index is 1.05. The van der Waals surface area contributed by atoms with Gasteiger partial charge < -0.3 is 4.90 Å². The molecule has 0 aliphatic rings. The van der Waals surface area contributed by atoms with Crippen molar-refractivity contribution in [1.29, 1.82) is 0 Å². The van der Waals surface area contributed by atoms with Crippen LogP contribution >= 0.6 is 11.3 Å². The molecule has 72 heavy (non-hydrogen) atoms. The molecule has 1 nitrogen and oxygen atoms in total. The summed E-state index contributed by atoms with van der Waals surface area (Å²) in [7, 11) is 0. The third-order valence-electron chi connectivity index (χ3n) is 14.6. The Morgan fingerprint density at radius 3 is 1.39 bits per heavy atom. The van der Waals surface area contributed by atoms with Crippen LogP contribution in [-0.2, 0) is 10.8 Å². The highest BCUT2D eigenvalue weighted by Crippen LogP contribution is 2.50. The summed E-state index contributed by atoms with van der Waals surface area (Å²) >= 11 is 1.87. The summed E-state index contributed by atoms with van der Waals surface area (Å²) in [6.45, 7) is 14.0. The summed E-state index contributed by atoms with van der Waals surface area (Å²) in [6, 6.07) is 88.1. The summed E-state index contributed by atoms with van der Waals surface area (Å²) in [5.74, 6) is 0. The number of thiophene rings is 1. The quantitative estimate of drug-likeness (QED) is 0.147. The molecule has 1 heterocycles. The van der Waals surface area contributed by atoms with Crippen LogP contribution in [0, 0.1) is 0 Å². The predicted molar refractivity (Wildman–Crippen MR) is 314 cm³/mol. The average Bonchev–Trinajstić information content (AvgIpc) is 3.80. The van der Waals surface area contributed by atoms with Crippen molar-refractivity contribution in [2.75, 3.05) is 4.90 Å². The molecule has 12 rings (SSSR count). The number of benzene rings is 11. The lowest BCUT2D eigenvalue weighted by Crippen LogP contribution is -2.16. The Bertz CT molecular complexity index is 3950. The molecule has 2 heteroatoms. The highest BCUT2D eigenvalue weighted by Gasteiger charge is 2.25. The number of hydrogen-bond acceptors (Lipinski definition) is 2. The maximum atomic E-state index is 2.50. The number of anilines is 3. The van der Waals surface area contributed by atoms with Gasteiger partial charge in [-0.1, -0.05) is 242 Å². The van der Waals surface area contributed by atoms with Crippen LogP contribution in [0.5, 0.6) is 0 Å². The Hall–Kier alpha value is -8.04. The molecule has 11 aromatic carbocycles. The minimum Gasteiger partial charge on any atom is -0.309 e. The topological polar surface area (TPSA) is 3.24 Å². The van der Waals surface area contributed by atoms with Crippen molar-refractivity contribution in [3.05, 3.63) is 248 Å². The van der Waals surface area contributed by atoms with E-state index in [2.05, 4.69) is 283 Å². The second-order valence-electron chi connectivity index (χ2n) is 21.3. The van der Waals surface area contributed by atoms with E-state index in [4.69, 9.17) is 0 Å². The van der Waals surface area contributed by atoms with E-state index in [1.54, 1.807) is 0 Å². The summed E-state index contributed by atoms with van der Waals surface area (Å²) < 4.78 is 2.59. The first-order valence-electron chi connectivity index (χ1n) is 25.2. The monoisotopic (exact) mass is 943 g/mol. The molecule has 0 fully saturated rings. The van der Waals surface area contributed by atoms with Crippen molar-refractivity contribution in [2.24, 2.45) is 0 Å². The molecule has 12 aromatic rings.